The van der Waals surface area contributed by atoms with E-state index in [0.717, 1.165) is 68.7 Å². The van der Waals surface area contributed by atoms with E-state index in [2.05, 4.69) is 58.3 Å². The molecular weight excluding hydrogens is 533 g/mol. The molecule has 2 fully saturated rings. The van der Waals surface area contributed by atoms with Crippen molar-refractivity contribution in [2.75, 3.05) is 39.3 Å². The number of nitrogens with zero attached hydrogens (tertiary/aromatic N) is 3. The number of halogens is 1. The third kappa shape index (κ3) is 6.69. The van der Waals surface area contributed by atoms with Crippen molar-refractivity contribution < 1.29 is 9.18 Å². The van der Waals surface area contributed by atoms with Gasteiger partial charge < -0.3 is 9.80 Å². The molecule has 2 aliphatic heterocycles. The predicted molar refractivity (Wildman–Crippen MR) is 165 cm³/mol. The number of benzene rings is 3. The number of ketones is 1. The Balaban J connectivity index is 0.984. The first-order valence-electron chi connectivity index (χ1n) is 15.0. The summed E-state index contributed by atoms with van der Waals surface area (Å²) in [5.74, 6) is 0.446. The molecule has 0 aliphatic carbocycles. The Morgan fingerprint density at radius 1 is 0.805 bits per heavy atom. The Hall–Kier alpha value is -3.13. The van der Waals surface area contributed by atoms with Gasteiger partial charge in [-0.2, -0.15) is 0 Å². The molecule has 2 aliphatic rings. The van der Waals surface area contributed by atoms with Crippen molar-refractivity contribution in [1.29, 1.82) is 0 Å². The minimum Gasteiger partial charge on any atom is -0.303 e. The zero-order chi connectivity index (χ0) is 28.2. The van der Waals surface area contributed by atoms with Crippen molar-refractivity contribution >= 4 is 27.3 Å². The normalized spacial score (nSPS) is 17.8. The monoisotopic (exact) mass is 571 g/mol. The van der Waals surface area contributed by atoms with E-state index in [-0.39, 0.29) is 22.4 Å². The van der Waals surface area contributed by atoms with Crippen LogP contribution >= 0.6 is 11.3 Å². The number of carbonyl (C=O) groups excluding carboxylic acids is 1. The number of fused-ring (bicyclic) bond motifs is 1. The molecule has 5 nitrogen and oxygen atoms in total. The number of Topliss-reactive ketones (excluding diaryl/α,β-unsaturated/α-hetero) is 1. The number of rotatable bonds is 9. The number of likely N-dealkylation sites (tertiary alicyclic amines) is 2. The summed E-state index contributed by atoms with van der Waals surface area (Å²) >= 11 is 1.35. The maximum absolute atomic E-state index is 13.2. The van der Waals surface area contributed by atoms with E-state index in [1.54, 1.807) is 12.1 Å². The Labute approximate surface area is 245 Å². The second-order valence-electron chi connectivity index (χ2n) is 11.6. The zero-order valence-corrected chi connectivity index (χ0v) is 24.3. The second-order valence-corrected chi connectivity index (χ2v) is 12.6. The second kappa shape index (κ2) is 12.8. The van der Waals surface area contributed by atoms with Crippen molar-refractivity contribution in [2.24, 2.45) is 5.92 Å². The van der Waals surface area contributed by atoms with Crippen molar-refractivity contribution in [3.05, 3.63) is 105 Å². The lowest BCUT2D eigenvalue weighted by Crippen LogP contribution is -2.38. The maximum Gasteiger partial charge on any atom is 0.308 e. The van der Waals surface area contributed by atoms with Crippen LogP contribution in [0, 0.1) is 11.7 Å². The highest BCUT2D eigenvalue weighted by atomic mass is 32.1. The number of carbonyl (C=O) groups is 1. The lowest BCUT2D eigenvalue weighted by atomic mass is 9.89. The molecule has 2 saturated heterocycles. The molecule has 4 aromatic rings. The van der Waals surface area contributed by atoms with Gasteiger partial charge in [0.1, 0.15) is 5.82 Å². The Bertz CT molecular complexity index is 1520. The zero-order valence-electron chi connectivity index (χ0n) is 23.5. The third-order valence-corrected chi connectivity index (χ3v) is 9.98. The maximum atomic E-state index is 13.2. The van der Waals surface area contributed by atoms with Crippen LogP contribution in [0.3, 0.4) is 0 Å². The fourth-order valence-corrected chi connectivity index (χ4v) is 7.47. The summed E-state index contributed by atoms with van der Waals surface area (Å²) in [5.41, 5.74) is 4.38. The molecule has 214 valence electrons. The van der Waals surface area contributed by atoms with E-state index in [0.29, 0.717) is 18.0 Å². The van der Waals surface area contributed by atoms with Gasteiger partial charge in [-0.3, -0.25) is 14.2 Å². The van der Waals surface area contributed by atoms with Gasteiger partial charge in [-0.05, 0) is 112 Å². The molecular formula is C34H38FN3O2S. The molecule has 0 unspecified atom stereocenters. The van der Waals surface area contributed by atoms with E-state index in [1.807, 2.05) is 4.57 Å². The third-order valence-electron chi connectivity index (χ3n) is 9.03. The fraction of sp³-hybridized carbons (Fsp3) is 0.412. The van der Waals surface area contributed by atoms with Gasteiger partial charge in [0.25, 0.3) is 0 Å². The van der Waals surface area contributed by atoms with Crippen LogP contribution in [0.15, 0.2) is 77.6 Å². The van der Waals surface area contributed by atoms with Crippen LogP contribution in [0.4, 0.5) is 4.39 Å². The summed E-state index contributed by atoms with van der Waals surface area (Å²) in [6.45, 7) is 6.46. The van der Waals surface area contributed by atoms with Gasteiger partial charge >= 0.3 is 4.87 Å². The molecule has 3 heterocycles. The molecule has 0 spiro atoms. The largest absolute Gasteiger partial charge is 0.308 e. The number of hydrogen-bond acceptors (Lipinski definition) is 5. The van der Waals surface area contributed by atoms with Gasteiger partial charge in [0, 0.05) is 31.1 Å². The quantitative estimate of drug-likeness (QED) is 0.224. The van der Waals surface area contributed by atoms with E-state index in [9.17, 15) is 14.0 Å². The van der Waals surface area contributed by atoms with Gasteiger partial charge in [-0.25, -0.2) is 4.39 Å². The number of piperidine rings is 2. The van der Waals surface area contributed by atoms with Crippen molar-refractivity contribution in [2.45, 2.75) is 44.6 Å². The van der Waals surface area contributed by atoms with Crippen LogP contribution in [0.25, 0.3) is 10.2 Å². The molecule has 6 rings (SSSR count). The molecule has 7 heteroatoms. The predicted octanol–water partition coefficient (Wildman–Crippen LogP) is 6.22. The summed E-state index contributed by atoms with van der Waals surface area (Å²) in [6, 6.07) is 23.3. The van der Waals surface area contributed by atoms with Crippen molar-refractivity contribution in [3.63, 3.8) is 0 Å². The van der Waals surface area contributed by atoms with Crippen molar-refractivity contribution in [3.8, 4) is 0 Å². The van der Waals surface area contributed by atoms with Crippen LogP contribution in [-0.2, 0) is 13.0 Å². The average Bonchev–Trinajstić information content (AvgIpc) is 3.33. The smallest absolute Gasteiger partial charge is 0.303 e. The van der Waals surface area contributed by atoms with E-state index >= 15 is 0 Å². The molecule has 0 bridgehead atoms. The number of aromatic nitrogens is 1. The van der Waals surface area contributed by atoms with Crippen LogP contribution in [0.1, 0.15) is 53.1 Å². The van der Waals surface area contributed by atoms with E-state index in [1.165, 1.54) is 47.4 Å². The molecule has 0 N–H and O–H groups in total. The highest BCUT2D eigenvalue weighted by Crippen LogP contribution is 2.28. The fourth-order valence-electron chi connectivity index (χ4n) is 6.49. The average molecular weight is 572 g/mol. The summed E-state index contributed by atoms with van der Waals surface area (Å²) in [4.78, 5) is 30.7. The van der Waals surface area contributed by atoms with E-state index in [4.69, 9.17) is 0 Å². The van der Waals surface area contributed by atoms with Gasteiger partial charge in [0.15, 0.2) is 5.78 Å². The first-order valence-corrected chi connectivity index (χ1v) is 15.8. The first-order chi connectivity index (χ1) is 20.0. The lowest BCUT2D eigenvalue weighted by Gasteiger charge is -2.32. The lowest BCUT2D eigenvalue weighted by molar-refractivity contribution is 0.0837. The Kier molecular flexibility index (Phi) is 8.75. The van der Waals surface area contributed by atoms with Crippen LogP contribution in [0.2, 0.25) is 0 Å². The van der Waals surface area contributed by atoms with Crippen LogP contribution in [-0.4, -0.2) is 59.4 Å². The number of hydrogen-bond donors (Lipinski definition) is 0. The molecule has 1 aromatic heterocycles. The SMILES string of the molecule is O=C(c1ccc(F)cc1)C1CCN(CCn2c(=O)sc3cc(CCN4CCC(c5ccccc5)CC4)ccc32)CC1. The Morgan fingerprint density at radius 2 is 1.49 bits per heavy atom. The molecule has 0 saturated carbocycles. The van der Waals surface area contributed by atoms with Gasteiger partial charge in [-0.15, -0.1) is 0 Å². The summed E-state index contributed by atoms with van der Waals surface area (Å²) in [6.07, 6.45) is 5.03. The standard InChI is InChI=1S/C34H38FN3O2S/c35-30-9-7-28(8-10-30)33(39)29-15-20-37(21-16-29)22-23-38-31-11-6-25(24-32(31)41-34(38)40)12-17-36-18-13-27(14-19-36)26-4-2-1-3-5-26/h1-11,24,27,29H,12-23H2. The highest BCUT2D eigenvalue weighted by Gasteiger charge is 2.26. The van der Waals surface area contributed by atoms with Gasteiger partial charge in [0.2, 0.25) is 0 Å². The molecule has 0 radical (unpaired) electrons. The van der Waals surface area contributed by atoms with Crippen LogP contribution < -0.4 is 4.87 Å². The van der Waals surface area contributed by atoms with Gasteiger partial charge in [-0.1, -0.05) is 47.7 Å². The van der Waals surface area contributed by atoms with Crippen LogP contribution in [0.5, 0.6) is 0 Å². The topological polar surface area (TPSA) is 45.6 Å². The summed E-state index contributed by atoms with van der Waals surface area (Å²) in [5, 5.41) is 0. The van der Waals surface area contributed by atoms with E-state index < -0.39 is 0 Å². The summed E-state index contributed by atoms with van der Waals surface area (Å²) in [7, 11) is 0. The minimum absolute atomic E-state index is 0.0185. The van der Waals surface area contributed by atoms with Gasteiger partial charge in [0.05, 0.1) is 10.2 Å². The molecule has 0 atom stereocenters. The first kappa shape index (κ1) is 28.0. The Morgan fingerprint density at radius 3 is 2.22 bits per heavy atom. The molecule has 0 amide bonds. The van der Waals surface area contributed by atoms with Crippen molar-refractivity contribution in [1.82, 2.24) is 14.4 Å². The minimum atomic E-state index is -0.321. The summed E-state index contributed by atoms with van der Waals surface area (Å²) < 4.78 is 16.2. The molecule has 41 heavy (non-hydrogen) atoms. The molecule has 3 aromatic carbocycles. The highest BCUT2D eigenvalue weighted by molar-refractivity contribution is 7.16. The number of thiazole rings is 1.